The van der Waals surface area contributed by atoms with Crippen molar-refractivity contribution in [1.29, 1.82) is 0 Å². The molecule has 0 amide bonds. The maximum Gasteiger partial charge on any atom is 0.306 e. The van der Waals surface area contributed by atoms with E-state index in [0.717, 1.165) is 23.3 Å². The van der Waals surface area contributed by atoms with Crippen LogP contribution in [0.15, 0.2) is 11.4 Å². The van der Waals surface area contributed by atoms with Crippen molar-refractivity contribution in [2.24, 2.45) is 5.92 Å². The van der Waals surface area contributed by atoms with Crippen LogP contribution in [0.4, 0.5) is 0 Å². The Morgan fingerprint density at radius 3 is 3.20 bits per heavy atom. The first-order valence-corrected chi connectivity index (χ1v) is 5.77. The molecule has 1 aliphatic carbocycles. The summed E-state index contributed by atoms with van der Waals surface area (Å²) >= 11 is 1.62. The molecule has 1 aromatic heterocycles. The maximum atomic E-state index is 11.9. The molecule has 0 aliphatic heterocycles. The van der Waals surface area contributed by atoms with Gasteiger partial charge in [-0.1, -0.05) is 0 Å². The van der Waals surface area contributed by atoms with Gasteiger partial charge in [0.15, 0.2) is 5.78 Å². The van der Waals surface area contributed by atoms with Gasteiger partial charge in [0, 0.05) is 16.4 Å². The number of esters is 1. The Morgan fingerprint density at radius 1 is 1.67 bits per heavy atom. The average molecular weight is 224 g/mol. The third-order valence-electron chi connectivity index (χ3n) is 2.74. The molecule has 0 radical (unpaired) electrons. The fraction of sp³-hybridized carbons (Fsp3) is 0.455. The van der Waals surface area contributed by atoms with E-state index >= 15 is 0 Å². The van der Waals surface area contributed by atoms with Crippen LogP contribution in [0.3, 0.4) is 0 Å². The average Bonchev–Trinajstić information content (AvgIpc) is 2.70. The van der Waals surface area contributed by atoms with E-state index in [9.17, 15) is 9.59 Å². The molecule has 1 heterocycles. The summed E-state index contributed by atoms with van der Waals surface area (Å²) in [6, 6.07) is 1.85. The van der Waals surface area contributed by atoms with Gasteiger partial charge in [0.1, 0.15) is 0 Å². The lowest BCUT2D eigenvalue weighted by Gasteiger charge is -2.19. The van der Waals surface area contributed by atoms with Crippen molar-refractivity contribution in [1.82, 2.24) is 0 Å². The van der Waals surface area contributed by atoms with Gasteiger partial charge in [0.2, 0.25) is 0 Å². The SMILES string of the molecule is COC(=O)CC1CCc2sccc2C1=O. The van der Waals surface area contributed by atoms with Crippen molar-refractivity contribution < 1.29 is 14.3 Å². The van der Waals surface area contributed by atoms with E-state index in [1.165, 1.54) is 7.11 Å². The topological polar surface area (TPSA) is 43.4 Å². The smallest absolute Gasteiger partial charge is 0.306 e. The van der Waals surface area contributed by atoms with Crippen LogP contribution in [0.2, 0.25) is 0 Å². The Labute approximate surface area is 92.1 Å². The highest BCUT2D eigenvalue weighted by molar-refractivity contribution is 7.10. The summed E-state index contributed by atoms with van der Waals surface area (Å²) in [7, 11) is 1.35. The van der Waals surface area contributed by atoms with Gasteiger partial charge < -0.3 is 4.74 Å². The van der Waals surface area contributed by atoms with Gasteiger partial charge in [-0.2, -0.15) is 0 Å². The Balaban J connectivity index is 2.13. The third kappa shape index (κ3) is 1.95. The van der Waals surface area contributed by atoms with Crippen molar-refractivity contribution in [3.63, 3.8) is 0 Å². The van der Waals surface area contributed by atoms with Crippen molar-refractivity contribution in [2.75, 3.05) is 7.11 Å². The molecule has 4 heteroatoms. The van der Waals surface area contributed by atoms with Gasteiger partial charge in [-0.05, 0) is 24.3 Å². The number of rotatable bonds is 2. The predicted octanol–water partition coefficient (Wildman–Crippen LogP) is 2.06. The molecule has 80 valence electrons. The first-order valence-electron chi connectivity index (χ1n) is 4.89. The van der Waals surface area contributed by atoms with Crippen LogP contribution in [0, 0.1) is 5.92 Å². The van der Waals surface area contributed by atoms with Gasteiger partial charge in [-0.15, -0.1) is 11.3 Å². The first kappa shape index (κ1) is 10.4. The van der Waals surface area contributed by atoms with Gasteiger partial charge in [-0.3, -0.25) is 9.59 Å². The van der Waals surface area contributed by atoms with Gasteiger partial charge in [0.25, 0.3) is 0 Å². The van der Waals surface area contributed by atoms with Gasteiger partial charge in [0.05, 0.1) is 13.5 Å². The fourth-order valence-electron chi connectivity index (χ4n) is 1.89. The summed E-state index contributed by atoms with van der Waals surface area (Å²) in [6.07, 6.45) is 1.88. The van der Waals surface area contributed by atoms with Crippen molar-refractivity contribution in [2.45, 2.75) is 19.3 Å². The summed E-state index contributed by atoms with van der Waals surface area (Å²) in [5, 5.41) is 1.93. The van der Waals surface area contributed by atoms with Crippen LogP contribution in [0.5, 0.6) is 0 Å². The summed E-state index contributed by atoms with van der Waals surface area (Å²) < 4.78 is 4.58. The molecule has 1 unspecified atom stereocenters. The molecule has 1 aliphatic rings. The monoisotopic (exact) mass is 224 g/mol. The molecule has 3 nitrogen and oxygen atoms in total. The molecular formula is C11H12O3S. The Hall–Kier alpha value is -1.16. The molecule has 0 bridgehead atoms. The summed E-state index contributed by atoms with van der Waals surface area (Å²) in [5.74, 6) is -0.380. The van der Waals surface area contributed by atoms with E-state index in [4.69, 9.17) is 0 Å². The number of ketones is 1. The molecule has 0 aromatic carbocycles. The van der Waals surface area contributed by atoms with E-state index in [-0.39, 0.29) is 24.1 Å². The zero-order valence-electron chi connectivity index (χ0n) is 8.49. The Kier molecular flexibility index (Phi) is 2.86. The zero-order valence-corrected chi connectivity index (χ0v) is 9.30. The normalized spacial score (nSPS) is 19.8. The molecule has 1 atom stereocenters. The number of Topliss-reactive ketones (excluding diaryl/α,β-unsaturated/α-hetero) is 1. The maximum absolute atomic E-state index is 11.9. The number of fused-ring (bicyclic) bond motifs is 1. The Morgan fingerprint density at radius 2 is 2.47 bits per heavy atom. The summed E-state index contributed by atoms with van der Waals surface area (Å²) in [6.45, 7) is 0. The predicted molar refractivity (Wildman–Crippen MR) is 57.1 cm³/mol. The summed E-state index contributed by atoms with van der Waals surface area (Å²) in [4.78, 5) is 24.2. The van der Waals surface area contributed by atoms with Gasteiger partial charge in [-0.25, -0.2) is 0 Å². The molecule has 0 N–H and O–H groups in total. The van der Waals surface area contributed by atoms with Crippen molar-refractivity contribution >= 4 is 23.1 Å². The first-order chi connectivity index (χ1) is 7.22. The largest absolute Gasteiger partial charge is 0.469 e. The zero-order chi connectivity index (χ0) is 10.8. The van der Waals surface area contributed by atoms with Crippen LogP contribution in [0.1, 0.15) is 28.1 Å². The molecule has 15 heavy (non-hydrogen) atoms. The number of thiophene rings is 1. The number of hydrogen-bond acceptors (Lipinski definition) is 4. The van der Waals surface area contributed by atoms with Crippen molar-refractivity contribution in [3.8, 4) is 0 Å². The summed E-state index contributed by atoms with van der Waals surface area (Å²) in [5.41, 5.74) is 0.806. The minimum absolute atomic E-state index is 0.0999. The molecule has 1 aromatic rings. The van der Waals surface area contributed by atoms with E-state index < -0.39 is 0 Å². The molecular weight excluding hydrogens is 212 g/mol. The highest BCUT2D eigenvalue weighted by Crippen LogP contribution is 2.31. The van der Waals surface area contributed by atoms with Gasteiger partial charge >= 0.3 is 5.97 Å². The lowest BCUT2D eigenvalue weighted by Crippen LogP contribution is -2.24. The number of methoxy groups -OCH3 is 1. The minimum Gasteiger partial charge on any atom is -0.469 e. The Bertz CT molecular complexity index is 394. The third-order valence-corrected chi connectivity index (χ3v) is 3.72. The highest BCUT2D eigenvalue weighted by atomic mass is 32.1. The molecule has 2 rings (SSSR count). The second kappa shape index (κ2) is 4.14. The number of aryl methyl sites for hydroxylation is 1. The second-order valence-electron chi connectivity index (χ2n) is 3.64. The number of ether oxygens (including phenoxy) is 1. The lowest BCUT2D eigenvalue weighted by molar-refractivity contribution is -0.141. The second-order valence-corrected chi connectivity index (χ2v) is 4.64. The molecule has 0 saturated heterocycles. The van der Waals surface area contributed by atoms with E-state index in [1.54, 1.807) is 11.3 Å². The molecule has 0 saturated carbocycles. The highest BCUT2D eigenvalue weighted by Gasteiger charge is 2.29. The fourth-order valence-corrected chi connectivity index (χ4v) is 2.79. The van der Waals surface area contributed by atoms with Crippen LogP contribution in [0.25, 0.3) is 0 Å². The molecule has 0 fully saturated rings. The lowest BCUT2D eigenvalue weighted by atomic mass is 9.85. The minimum atomic E-state index is -0.299. The molecule has 0 spiro atoms. The standard InChI is InChI=1S/C11H12O3S/c1-14-10(12)6-7-2-3-9-8(11(7)13)4-5-15-9/h4-5,7H,2-3,6H2,1H3. The van der Waals surface area contributed by atoms with E-state index in [0.29, 0.717) is 0 Å². The van der Waals surface area contributed by atoms with E-state index in [2.05, 4.69) is 4.74 Å². The van der Waals surface area contributed by atoms with Crippen molar-refractivity contribution in [3.05, 3.63) is 21.9 Å². The van der Waals surface area contributed by atoms with E-state index in [1.807, 2.05) is 11.4 Å². The van der Waals surface area contributed by atoms with Crippen LogP contribution >= 0.6 is 11.3 Å². The number of carbonyl (C=O) groups excluding carboxylic acids is 2. The van der Waals surface area contributed by atoms with Crippen LogP contribution in [-0.2, 0) is 16.0 Å². The number of hydrogen-bond donors (Lipinski definition) is 0. The quantitative estimate of drug-likeness (QED) is 0.722. The number of carbonyl (C=O) groups is 2. The van der Waals surface area contributed by atoms with Crippen LogP contribution < -0.4 is 0 Å². The van der Waals surface area contributed by atoms with Crippen LogP contribution in [-0.4, -0.2) is 18.9 Å².